The van der Waals surface area contributed by atoms with E-state index >= 15 is 0 Å². The van der Waals surface area contributed by atoms with Crippen LogP contribution in [0.1, 0.15) is 103 Å². The molecule has 0 aromatic carbocycles. The Balaban J connectivity index is 3.35. The molecule has 2 nitrogen and oxygen atoms in total. The summed E-state index contributed by atoms with van der Waals surface area (Å²) in [5.74, 6) is -1.42. The number of rotatable bonds is 15. The molecular weight excluding hydrogens is 248 g/mol. The average molecular weight is 285 g/mol. The topological polar surface area (TPSA) is 40.5 Å². The molecule has 2 heteroatoms. The third-order valence-corrected chi connectivity index (χ3v) is 4.01. The van der Waals surface area contributed by atoms with Gasteiger partial charge >= 0.3 is 0 Å². The van der Waals surface area contributed by atoms with Gasteiger partial charge in [-0.25, -0.2) is 0 Å². The average Bonchev–Trinajstić information content (AvgIpc) is 2.41. The largest absolute Gasteiger partial charge is 0.366 e. The maximum Gasteiger partial charge on any atom is 0.162 e. The summed E-state index contributed by atoms with van der Waals surface area (Å²) >= 11 is 0. The van der Waals surface area contributed by atoms with Gasteiger partial charge in [0.05, 0.1) is 0 Å². The number of aliphatic hydroxyl groups is 2. The van der Waals surface area contributed by atoms with Gasteiger partial charge in [-0.1, -0.05) is 84.5 Å². The van der Waals surface area contributed by atoms with Gasteiger partial charge in [-0.2, -0.15) is 0 Å². The summed E-state index contributed by atoms with van der Waals surface area (Å²) in [6, 6.07) is 0. The second-order valence-electron chi connectivity index (χ2n) is 6.23. The van der Waals surface area contributed by atoms with Crippen LogP contribution in [0.25, 0.3) is 0 Å². The summed E-state index contributed by atoms with van der Waals surface area (Å²) in [6.45, 7) is 6.05. The van der Waals surface area contributed by atoms with E-state index in [0.29, 0.717) is 12.8 Å². The summed E-state index contributed by atoms with van der Waals surface area (Å²) in [5, 5.41) is 19.8. The van der Waals surface area contributed by atoms with Crippen LogP contribution < -0.4 is 0 Å². The summed E-state index contributed by atoms with van der Waals surface area (Å²) in [5.41, 5.74) is 0. The molecule has 0 aromatic rings. The standard InChI is InChI=1S/C18H37O2/c1-3-5-7-9-11-13-15-17-18(19,20)16-14-12-10-8-6-4-2/h19-20H,1,3-17H2,2H3. The predicted octanol–water partition coefficient (Wildman–Crippen LogP) is 5.37. The first-order valence-corrected chi connectivity index (χ1v) is 8.86. The predicted molar refractivity (Wildman–Crippen MR) is 87.5 cm³/mol. The van der Waals surface area contributed by atoms with E-state index in [-0.39, 0.29) is 0 Å². The molecule has 20 heavy (non-hydrogen) atoms. The molecular formula is C18H37O2. The normalized spacial score (nSPS) is 12.0. The van der Waals surface area contributed by atoms with Crippen LogP contribution in [0.15, 0.2) is 0 Å². The van der Waals surface area contributed by atoms with Gasteiger partial charge < -0.3 is 10.2 Å². The molecule has 0 heterocycles. The maximum atomic E-state index is 9.91. The Labute approximate surface area is 127 Å². The Morgan fingerprint density at radius 1 is 0.650 bits per heavy atom. The van der Waals surface area contributed by atoms with Gasteiger partial charge in [-0.3, -0.25) is 0 Å². The zero-order valence-corrected chi connectivity index (χ0v) is 13.7. The lowest BCUT2D eigenvalue weighted by atomic mass is 9.99. The first-order chi connectivity index (χ1) is 9.62. The zero-order chi connectivity index (χ0) is 15.1. The van der Waals surface area contributed by atoms with Crippen molar-refractivity contribution in [3.8, 4) is 0 Å². The van der Waals surface area contributed by atoms with E-state index in [1.165, 1.54) is 51.4 Å². The van der Waals surface area contributed by atoms with E-state index < -0.39 is 5.79 Å². The van der Waals surface area contributed by atoms with Gasteiger partial charge in [0, 0.05) is 12.8 Å². The fourth-order valence-corrected chi connectivity index (χ4v) is 2.61. The van der Waals surface area contributed by atoms with Crippen LogP contribution >= 0.6 is 0 Å². The van der Waals surface area contributed by atoms with Crippen molar-refractivity contribution in [3.05, 3.63) is 6.92 Å². The van der Waals surface area contributed by atoms with Crippen molar-refractivity contribution >= 4 is 0 Å². The maximum absolute atomic E-state index is 9.91. The third-order valence-electron chi connectivity index (χ3n) is 4.01. The SMILES string of the molecule is [CH2]CCCCCCCCC(O)(O)CCCCCCCC. The Hall–Kier alpha value is -0.0800. The zero-order valence-electron chi connectivity index (χ0n) is 13.7. The molecule has 0 aliphatic heterocycles. The fourth-order valence-electron chi connectivity index (χ4n) is 2.61. The monoisotopic (exact) mass is 285 g/mol. The molecule has 0 amide bonds. The molecule has 0 unspecified atom stereocenters. The van der Waals surface area contributed by atoms with Gasteiger partial charge in [0.15, 0.2) is 5.79 Å². The van der Waals surface area contributed by atoms with Gasteiger partial charge in [-0.15, -0.1) is 0 Å². The highest BCUT2D eigenvalue weighted by molar-refractivity contribution is 4.65. The molecule has 0 aromatic heterocycles. The Kier molecular flexibility index (Phi) is 13.8. The Bertz CT molecular complexity index is 190. The molecule has 1 radical (unpaired) electrons. The van der Waals surface area contributed by atoms with Crippen LogP contribution in [0.4, 0.5) is 0 Å². The van der Waals surface area contributed by atoms with Crippen molar-refractivity contribution in [3.63, 3.8) is 0 Å². The lowest BCUT2D eigenvalue weighted by Gasteiger charge is -2.21. The molecule has 0 spiro atoms. The minimum atomic E-state index is -1.42. The first-order valence-electron chi connectivity index (χ1n) is 8.86. The first kappa shape index (κ1) is 19.9. The highest BCUT2D eigenvalue weighted by atomic mass is 16.5. The minimum Gasteiger partial charge on any atom is -0.366 e. The highest BCUT2D eigenvalue weighted by Crippen LogP contribution is 2.20. The molecule has 0 aliphatic carbocycles. The highest BCUT2D eigenvalue weighted by Gasteiger charge is 2.21. The van der Waals surface area contributed by atoms with E-state index in [4.69, 9.17) is 0 Å². The second-order valence-corrected chi connectivity index (χ2v) is 6.23. The molecule has 0 rings (SSSR count). The number of hydrogen-bond acceptors (Lipinski definition) is 2. The molecule has 0 bridgehead atoms. The van der Waals surface area contributed by atoms with E-state index in [2.05, 4.69) is 13.8 Å². The molecule has 0 fully saturated rings. The summed E-state index contributed by atoms with van der Waals surface area (Å²) in [7, 11) is 0. The smallest absolute Gasteiger partial charge is 0.162 e. The van der Waals surface area contributed by atoms with Crippen LogP contribution in [0.5, 0.6) is 0 Å². The molecule has 121 valence electrons. The number of hydrogen-bond donors (Lipinski definition) is 2. The molecule has 0 saturated heterocycles. The van der Waals surface area contributed by atoms with Crippen molar-refractivity contribution in [1.29, 1.82) is 0 Å². The lowest BCUT2D eigenvalue weighted by molar-refractivity contribution is -0.172. The molecule has 0 saturated carbocycles. The molecule has 2 N–H and O–H groups in total. The number of unbranched alkanes of at least 4 members (excludes halogenated alkanes) is 11. The van der Waals surface area contributed by atoms with E-state index in [9.17, 15) is 10.2 Å². The molecule has 0 atom stereocenters. The van der Waals surface area contributed by atoms with Crippen molar-refractivity contribution in [2.75, 3.05) is 0 Å². The second kappa shape index (κ2) is 13.9. The van der Waals surface area contributed by atoms with Crippen molar-refractivity contribution < 1.29 is 10.2 Å². The van der Waals surface area contributed by atoms with Crippen LogP contribution in [0, 0.1) is 6.92 Å². The fraction of sp³-hybridized carbons (Fsp3) is 0.944. The minimum absolute atomic E-state index is 0.539. The Morgan fingerprint density at radius 2 is 1.05 bits per heavy atom. The van der Waals surface area contributed by atoms with Crippen LogP contribution in [0.2, 0.25) is 0 Å². The van der Waals surface area contributed by atoms with Crippen molar-refractivity contribution in [2.45, 2.75) is 109 Å². The van der Waals surface area contributed by atoms with Gasteiger partial charge in [-0.05, 0) is 12.8 Å². The van der Waals surface area contributed by atoms with Crippen LogP contribution in [-0.4, -0.2) is 16.0 Å². The summed E-state index contributed by atoms with van der Waals surface area (Å²) in [4.78, 5) is 0. The van der Waals surface area contributed by atoms with Crippen LogP contribution in [-0.2, 0) is 0 Å². The summed E-state index contributed by atoms with van der Waals surface area (Å²) < 4.78 is 0. The van der Waals surface area contributed by atoms with Gasteiger partial charge in [0.2, 0.25) is 0 Å². The van der Waals surface area contributed by atoms with E-state index in [0.717, 1.165) is 32.1 Å². The van der Waals surface area contributed by atoms with Crippen molar-refractivity contribution in [2.24, 2.45) is 0 Å². The summed E-state index contributed by atoms with van der Waals surface area (Å²) in [6.07, 6.45) is 16.3. The van der Waals surface area contributed by atoms with Crippen LogP contribution in [0.3, 0.4) is 0 Å². The van der Waals surface area contributed by atoms with Gasteiger partial charge in [0.1, 0.15) is 0 Å². The van der Waals surface area contributed by atoms with Crippen molar-refractivity contribution in [1.82, 2.24) is 0 Å². The lowest BCUT2D eigenvalue weighted by Crippen LogP contribution is -2.27. The third kappa shape index (κ3) is 14.3. The van der Waals surface area contributed by atoms with Gasteiger partial charge in [0.25, 0.3) is 0 Å². The Morgan fingerprint density at radius 3 is 1.50 bits per heavy atom. The van der Waals surface area contributed by atoms with E-state index in [1.54, 1.807) is 0 Å². The quantitative estimate of drug-likeness (QED) is 0.313. The van der Waals surface area contributed by atoms with E-state index in [1.807, 2.05) is 0 Å². The molecule has 0 aliphatic rings.